The zero-order valence-corrected chi connectivity index (χ0v) is 24.3. The maximum Gasteiger partial charge on any atom is 0.269 e. The number of fused-ring (bicyclic) bond motifs is 1. The Morgan fingerprint density at radius 1 is 1.05 bits per heavy atom. The molecular formula is C32H23ClN4O5S. The Kier molecular flexibility index (Phi) is 7.47. The van der Waals surface area contributed by atoms with E-state index in [1.54, 1.807) is 47.7 Å². The molecule has 0 N–H and O–H groups in total. The lowest BCUT2D eigenvalue weighted by Gasteiger charge is -2.28. The first kappa shape index (κ1) is 28.2. The largest absolute Gasteiger partial charge is 0.322 e. The average Bonchev–Trinajstić information content (AvgIpc) is 3.56. The van der Waals surface area contributed by atoms with Crippen molar-refractivity contribution < 1.29 is 19.3 Å². The molecule has 6 rings (SSSR count). The quantitative estimate of drug-likeness (QED) is 0.114. The summed E-state index contributed by atoms with van der Waals surface area (Å²) in [6, 6.07) is 24.0. The predicted molar refractivity (Wildman–Crippen MR) is 165 cm³/mol. The molecule has 0 bridgehead atoms. The summed E-state index contributed by atoms with van der Waals surface area (Å²) in [5.41, 5.74) is 3.86. The van der Waals surface area contributed by atoms with Gasteiger partial charge in [-0.25, -0.2) is 9.88 Å². The molecule has 0 aliphatic carbocycles. The summed E-state index contributed by atoms with van der Waals surface area (Å²) in [6.07, 6.45) is -0.221. The molecule has 11 heteroatoms. The van der Waals surface area contributed by atoms with Crippen molar-refractivity contribution >= 4 is 62.3 Å². The van der Waals surface area contributed by atoms with E-state index in [9.17, 15) is 24.5 Å². The van der Waals surface area contributed by atoms with E-state index in [0.29, 0.717) is 16.3 Å². The van der Waals surface area contributed by atoms with Gasteiger partial charge in [-0.15, -0.1) is 11.3 Å². The van der Waals surface area contributed by atoms with Crippen LogP contribution < -0.4 is 4.90 Å². The van der Waals surface area contributed by atoms with Crippen LogP contribution in [0.3, 0.4) is 0 Å². The lowest BCUT2D eigenvalue weighted by molar-refractivity contribution is -0.384. The number of nitrogens with zero attached hydrogens (tertiary/aromatic N) is 4. The highest BCUT2D eigenvalue weighted by molar-refractivity contribution is 7.21. The second kappa shape index (κ2) is 11.4. The van der Waals surface area contributed by atoms with E-state index in [2.05, 4.69) is 6.07 Å². The molecule has 5 aromatic rings. The SMILES string of the molecule is Cc1ccc2nc(-c3ccc(N4C(=O)CC(N(Cc5ccccc5Cl)C(=O)c5ccc([N+](=O)[O-])cc5)C4=O)cc3)sc2c1. The first-order valence-electron chi connectivity index (χ1n) is 13.3. The van der Waals surface area contributed by atoms with Crippen molar-refractivity contribution in [3.05, 3.63) is 123 Å². The molecule has 4 aromatic carbocycles. The van der Waals surface area contributed by atoms with Crippen LogP contribution in [-0.2, 0) is 16.1 Å². The van der Waals surface area contributed by atoms with Gasteiger partial charge in [0, 0.05) is 34.8 Å². The van der Waals surface area contributed by atoms with Gasteiger partial charge in [0.15, 0.2) is 0 Å². The molecule has 0 radical (unpaired) electrons. The first-order chi connectivity index (χ1) is 20.7. The summed E-state index contributed by atoms with van der Waals surface area (Å²) in [7, 11) is 0. The summed E-state index contributed by atoms with van der Waals surface area (Å²) in [5, 5.41) is 12.3. The van der Waals surface area contributed by atoms with Crippen LogP contribution in [0.25, 0.3) is 20.8 Å². The number of aryl methyl sites for hydroxylation is 1. The van der Waals surface area contributed by atoms with Gasteiger partial charge < -0.3 is 4.90 Å². The number of carbonyl (C=O) groups is 3. The number of aromatic nitrogens is 1. The smallest absolute Gasteiger partial charge is 0.269 e. The molecular weight excluding hydrogens is 588 g/mol. The fraction of sp³-hybridized carbons (Fsp3) is 0.125. The molecule has 1 atom stereocenters. The molecule has 1 aromatic heterocycles. The third-order valence-corrected chi connectivity index (χ3v) is 8.74. The van der Waals surface area contributed by atoms with Crippen molar-refractivity contribution in [1.82, 2.24) is 9.88 Å². The molecule has 9 nitrogen and oxygen atoms in total. The number of rotatable bonds is 7. The van der Waals surface area contributed by atoms with E-state index in [1.165, 1.54) is 29.2 Å². The van der Waals surface area contributed by atoms with E-state index in [1.807, 2.05) is 31.2 Å². The van der Waals surface area contributed by atoms with Gasteiger partial charge >= 0.3 is 0 Å². The molecule has 0 spiro atoms. The molecule has 3 amide bonds. The van der Waals surface area contributed by atoms with E-state index in [4.69, 9.17) is 16.6 Å². The van der Waals surface area contributed by atoms with Gasteiger partial charge in [-0.05, 0) is 72.6 Å². The van der Waals surface area contributed by atoms with E-state index >= 15 is 0 Å². The summed E-state index contributed by atoms with van der Waals surface area (Å²) in [4.78, 5) is 58.5. The van der Waals surface area contributed by atoms with E-state index in [0.717, 1.165) is 31.3 Å². The van der Waals surface area contributed by atoms with Gasteiger partial charge in [0.2, 0.25) is 5.91 Å². The first-order valence-corrected chi connectivity index (χ1v) is 14.5. The van der Waals surface area contributed by atoms with Crippen molar-refractivity contribution in [1.29, 1.82) is 0 Å². The molecule has 1 unspecified atom stereocenters. The van der Waals surface area contributed by atoms with Crippen molar-refractivity contribution in [2.45, 2.75) is 25.9 Å². The number of nitro groups is 1. The van der Waals surface area contributed by atoms with Crippen molar-refractivity contribution in [3.8, 4) is 10.6 Å². The van der Waals surface area contributed by atoms with Gasteiger partial charge in [0.25, 0.3) is 17.5 Å². The minimum atomic E-state index is -1.10. The maximum absolute atomic E-state index is 13.8. The molecule has 1 aliphatic rings. The monoisotopic (exact) mass is 610 g/mol. The summed E-state index contributed by atoms with van der Waals surface area (Å²) < 4.78 is 1.07. The van der Waals surface area contributed by atoms with E-state index in [-0.39, 0.29) is 24.2 Å². The lowest BCUT2D eigenvalue weighted by atomic mass is 10.1. The van der Waals surface area contributed by atoms with Crippen LogP contribution in [0, 0.1) is 17.0 Å². The number of hydrogen-bond donors (Lipinski definition) is 0. The molecule has 1 saturated heterocycles. The van der Waals surface area contributed by atoms with Gasteiger partial charge in [-0.1, -0.05) is 35.9 Å². The number of anilines is 1. The Morgan fingerprint density at radius 2 is 1.77 bits per heavy atom. The number of thiazole rings is 1. The Hall–Kier alpha value is -4.93. The summed E-state index contributed by atoms with van der Waals surface area (Å²) >= 11 is 7.95. The van der Waals surface area contributed by atoms with Crippen LogP contribution >= 0.6 is 22.9 Å². The minimum absolute atomic E-state index is 0.0387. The van der Waals surface area contributed by atoms with Gasteiger partial charge in [0.1, 0.15) is 11.0 Å². The van der Waals surface area contributed by atoms with E-state index < -0.39 is 28.7 Å². The normalized spacial score (nSPS) is 14.8. The Bertz CT molecular complexity index is 1910. The highest BCUT2D eigenvalue weighted by atomic mass is 35.5. The number of amides is 3. The van der Waals surface area contributed by atoms with Crippen LogP contribution in [0.1, 0.15) is 27.9 Å². The number of halogens is 1. The predicted octanol–water partition coefficient (Wildman–Crippen LogP) is 6.81. The third kappa shape index (κ3) is 5.50. The molecule has 1 aliphatic heterocycles. The zero-order chi connectivity index (χ0) is 30.2. The van der Waals surface area contributed by atoms with Crippen LogP contribution in [0.4, 0.5) is 11.4 Å². The molecule has 0 saturated carbocycles. The number of non-ortho nitro benzene ring substituents is 1. The van der Waals surface area contributed by atoms with Crippen LogP contribution in [-0.4, -0.2) is 38.6 Å². The van der Waals surface area contributed by atoms with Gasteiger partial charge in [-0.2, -0.15) is 0 Å². The number of nitro benzene ring substituents is 1. The zero-order valence-electron chi connectivity index (χ0n) is 22.8. The van der Waals surface area contributed by atoms with Crippen molar-refractivity contribution in [2.75, 3.05) is 4.90 Å². The second-order valence-electron chi connectivity index (χ2n) is 10.2. The topological polar surface area (TPSA) is 114 Å². The molecule has 1 fully saturated rings. The van der Waals surface area contributed by atoms with Crippen LogP contribution in [0.2, 0.25) is 5.02 Å². The average molecular weight is 611 g/mol. The minimum Gasteiger partial charge on any atom is -0.322 e. The number of benzene rings is 4. The summed E-state index contributed by atoms with van der Waals surface area (Å²) in [5.74, 6) is -1.54. The van der Waals surface area contributed by atoms with Crippen molar-refractivity contribution in [2.24, 2.45) is 0 Å². The second-order valence-corrected chi connectivity index (χ2v) is 11.6. The molecule has 43 heavy (non-hydrogen) atoms. The standard InChI is InChI=1S/C32H23ClN4O5S/c1-19-6-15-26-28(16-19)43-30(34-26)20-7-11-23(12-8-20)36-29(38)17-27(32(36)40)35(18-22-4-2-3-5-25(22)33)31(39)21-9-13-24(14-10-21)37(41)42/h2-16,27H,17-18H2,1H3. The van der Waals surface area contributed by atoms with Crippen LogP contribution in [0.15, 0.2) is 91.0 Å². The number of imide groups is 1. The van der Waals surface area contributed by atoms with Gasteiger partial charge in [-0.3, -0.25) is 24.5 Å². The van der Waals surface area contributed by atoms with Gasteiger partial charge in [0.05, 0.1) is 27.2 Å². The molecule has 214 valence electrons. The number of hydrogen-bond acceptors (Lipinski definition) is 7. The Balaban J connectivity index is 1.29. The Labute approximate surface area is 255 Å². The maximum atomic E-state index is 13.8. The van der Waals surface area contributed by atoms with Crippen molar-refractivity contribution in [3.63, 3.8) is 0 Å². The highest BCUT2D eigenvalue weighted by Gasteiger charge is 2.44. The number of carbonyl (C=O) groups excluding carboxylic acids is 3. The third-order valence-electron chi connectivity index (χ3n) is 7.30. The summed E-state index contributed by atoms with van der Waals surface area (Å²) in [6.45, 7) is 1.99. The Morgan fingerprint density at radius 3 is 2.47 bits per heavy atom. The lowest BCUT2D eigenvalue weighted by Crippen LogP contribution is -2.45. The highest BCUT2D eigenvalue weighted by Crippen LogP contribution is 2.34. The fourth-order valence-corrected chi connectivity index (χ4v) is 6.33. The molecule has 2 heterocycles. The fourth-order valence-electron chi connectivity index (χ4n) is 5.06. The van der Waals surface area contributed by atoms with Crippen LogP contribution in [0.5, 0.6) is 0 Å².